The van der Waals surface area contributed by atoms with Crippen molar-refractivity contribution < 1.29 is 14.4 Å². The van der Waals surface area contributed by atoms with Crippen LogP contribution in [-0.2, 0) is 21.5 Å². The van der Waals surface area contributed by atoms with Crippen LogP contribution in [0, 0.1) is 6.92 Å². The van der Waals surface area contributed by atoms with Gasteiger partial charge in [-0.3, -0.25) is 14.5 Å². The Morgan fingerprint density at radius 1 is 1.26 bits per heavy atom. The molecule has 1 spiro atoms. The number of fused-ring (bicyclic) bond motifs is 2. The van der Waals surface area contributed by atoms with Crippen LogP contribution in [0.1, 0.15) is 23.1 Å². The number of benzene rings is 2. The van der Waals surface area contributed by atoms with Gasteiger partial charge in [-0.2, -0.15) is 0 Å². The average molecular weight is 384 g/mol. The third-order valence-corrected chi connectivity index (χ3v) is 5.43. The van der Waals surface area contributed by atoms with E-state index < -0.39 is 17.5 Å². The molecule has 0 saturated carbocycles. The molecular formula is C20H18ClN3O3. The first kappa shape index (κ1) is 17.5. The number of nitrogens with one attached hydrogen (secondary N) is 2. The van der Waals surface area contributed by atoms with Crippen molar-refractivity contribution in [1.29, 1.82) is 0 Å². The Bertz CT molecular complexity index is 975. The fraction of sp³-hybridized carbons (Fsp3) is 0.250. The van der Waals surface area contributed by atoms with Crippen molar-refractivity contribution in [2.24, 2.45) is 0 Å². The van der Waals surface area contributed by atoms with E-state index in [0.29, 0.717) is 23.6 Å². The van der Waals surface area contributed by atoms with Crippen molar-refractivity contribution in [2.75, 3.05) is 11.9 Å². The molecule has 2 aromatic carbocycles. The SMILES string of the molecule is Cc1ccc(Cl)cc1NC(=O)CN1C(=O)NC2(CCc3ccccc32)C1=O. The number of urea groups is 1. The number of carbonyl (C=O) groups is 3. The van der Waals surface area contributed by atoms with Crippen molar-refractivity contribution in [2.45, 2.75) is 25.3 Å². The minimum Gasteiger partial charge on any atom is -0.324 e. The topological polar surface area (TPSA) is 78.5 Å². The van der Waals surface area contributed by atoms with E-state index in [0.717, 1.165) is 21.6 Å². The Morgan fingerprint density at radius 2 is 2.04 bits per heavy atom. The molecule has 1 aliphatic carbocycles. The van der Waals surface area contributed by atoms with Gasteiger partial charge < -0.3 is 10.6 Å². The lowest BCUT2D eigenvalue weighted by atomic mass is 9.92. The zero-order valence-electron chi connectivity index (χ0n) is 14.7. The number of aryl methyl sites for hydroxylation is 2. The van der Waals surface area contributed by atoms with E-state index in [9.17, 15) is 14.4 Å². The molecule has 4 amide bonds. The monoisotopic (exact) mass is 383 g/mol. The number of hydrogen-bond donors (Lipinski definition) is 2. The zero-order valence-corrected chi connectivity index (χ0v) is 15.5. The molecular weight excluding hydrogens is 366 g/mol. The molecule has 4 rings (SSSR count). The van der Waals surface area contributed by atoms with Crippen LogP contribution in [0.3, 0.4) is 0 Å². The number of carbonyl (C=O) groups excluding carboxylic acids is 3. The third kappa shape index (κ3) is 2.86. The Kier molecular flexibility index (Phi) is 4.15. The summed E-state index contributed by atoms with van der Waals surface area (Å²) in [7, 11) is 0. The quantitative estimate of drug-likeness (QED) is 0.800. The first-order valence-corrected chi connectivity index (χ1v) is 9.07. The van der Waals surface area contributed by atoms with Crippen LogP contribution >= 0.6 is 11.6 Å². The van der Waals surface area contributed by atoms with Gasteiger partial charge in [0, 0.05) is 10.7 Å². The Hall–Kier alpha value is -2.86. The minimum absolute atomic E-state index is 0.347. The molecule has 1 atom stereocenters. The number of hydrogen-bond acceptors (Lipinski definition) is 3. The van der Waals surface area contributed by atoms with E-state index in [1.807, 2.05) is 31.2 Å². The lowest BCUT2D eigenvalue weighted by Crippen LogP contribution is -2.43. The van der Waals surface area contributed by atoms with Crippen LogP contribution in [0.15, 0.2) is 42.5 Å². The molecule has 6 nitrogen and oxygen atoms in total. The second kappa shape index (κ2) is 6.39. The second-order valence-corrected chi connectivity index (χ2v) is 7.33. The highest BCUT2D eigenvalue weighted by Crippen LogP contribution is 2.41. The number of anilines is 1. The first-order valence-electron chi connectivity index (χ1n) is 8.69. The van der Waals surface area contributed by atoms with Gasteiger partial charge in [0.25, 0.3) is 5.91 Å². The predicted molar refractivity (Wildman–Crippen MR) is 102 cm³/mol. The predicted octanol–water partition coefficient (Wildman–Crippen LogP) is 2.98. The van der Waals surface area contributed by atoms with Gasteiger partial charge in [0.1, 0.15) is 12.1 Å². The van der Waals surface area contributed by atoms with Crippen LogP contribution in [-0.4, -0.2) is 29.3 Å². The molecule has 2 N–H and O–H groups in total. The largest absolute Gasteiger partial charge is 0.325 e. The molecule has 1 aliphatic heterocycles. The van der Waals surface area contributed by atoms with Crippen molar-refractivity contribution in [3.8, 4) is 0 Å². The molecule has 1 saturated heterocycles. The second-order valence-electron chi connectivity index (χ2n) is 6.89. The highest BCUT2D eigenvalue weighted by molar-refractivity contribution is 6.31. The zero-order chi connectivity index (χ0) is 19.2. The van der Waals surface area contributed by atoms with Gasteiger partial charge in [0.2, 0.25) is 5.91 Å². The average Bonchev–Trinajstić information content (AvgIpc) is 3.12. The lowest BCUT2D eigenvalue weighted by Gasteiger charge is -2.22. The minimum atomic E-state index is -1.06. The Morgan fingerprint density at radius 3 is 2.85 bits per heavy atom. The molecule has 1 fully saturated rings. The van der Waals surface area contributed by atoms with Gasteiger partial charge in [-0.25, -0.2) is 4.79 Å². The summed E-state index contributed by atoms with van der Waals surface area (Å²) in [6.45, 7) is 1.49. The van der Waals surface area contributed by atoms with E-state index in [-0.39, 0.29) is 12.5 Å². The molecule has 138 valence electrons. The maximum Gasteiger partial charge on any atom is 0.325 e. The summed E-state index contributed by atoms with van der Waals surface area (Å²) in [6, 6.07) is 12.2. The summed E-state index contributed by atoms with van der Waals surface area (Å²) in [4.78, 5) is 38.9. The van der Waals surface area contributed by atoms with E-state index in [1.165, 1.54) is 0 Å². The first-order chi connectivity index (χ1) is 12.9. The van der Waals surface area contributed by atoms with Crippen LogP contribution in [0.25, 0.3) is 0 Å². The number of imide groups is 1. The molecule has 2 aromatic rings. The maximum absolute atomic E-state index is 13.1. The Labute approximate surface area is 161 Å². The molecule has 0 bridgehead atoms. The van der Waals surface area contributed by atoms with Crippen LogP contribution in [0.4, 0.5) is 10.5 Å². The summed E-state index contributed by atoms with van der Waals surface area (Å²) in [5.41, 5.74) is 2.20. The number of amides is 4. The Balaban J connectivity index is 1.54. The maximum atomic E-state index is 13.1. The highest BCUT2D eigenvalue weighted by Gasteiger charge is 2.55. The van der Waals surface area contributed by atoms with E-state index in [4.69, 9.17) is 11.6 Å². The van der Waals surface area contributed by atoms with Crippen LogP contribution < -0.4 is 10.6 Å². The van der Waals surface area contributed by atoms with Crippen molar-refractivity contribution >= 4 is 35.1 Å². The number of nitrogens with zero attached hydrogens (tertiary/aromatic N) is 1. The van der Waals surface area contributed by atoms with Crippen LogP contribution in [0.2, 0.25) is 5.02 Å². The van der Waals surface area contributed by atoms with Crippen LogP contribution in [0.5, 0.6) is 0 Å². The summed E-state index contributed by atoms with van der Waals surface area (Å²) in [5, 5.41) is 6.02. The van der Waals surface area contributed by atoms with E-state index >= 15 is 0 Å². The number of halogens is 1. The summed E-state index contributed by atoms with van der Waals surface area (Å²) >= 11 is 5.97. The molecule has 1 heterocycles. The standard InChI is InChI=1S/C20H18ClN3O3/c1-12-6-7-14(21)10-16(12)22-17(25)11-24-18(26)20(23-19(24)27)9-8-13-4-2-3-5-15(13)20/h2-7,10H,8-9,11H2,1H3,(H,22,25)(H,23,27). The van der Waals surface area contributed by atoms with Crippen molar-refractivity contribution in [3.05, 3.63) is 64.2 Å². The van der Waals surface area contributed by atoms with Crippen molar-refractivity contribution in [3.63, 3.8) is 0 Å². The fourth-order valence-electron chi connectivity index (χ4n) is 3.80. The summed E-state index contributed by atoms with van der Waals surface area (Å²) < 4.78 is 0. The molecule has 1 unspecified atom stereocenters. The number of rotatable bonds is 3. The fourth-order valence-corrected chi connectivity index (χ4v) is 3.97. The van der Waals surface area contributed by atoms with Gasteiger partial charge >= 0.3 is 6.03 Å². The van der Waals surface area contributed by atoms with Crippen molar-refractivity contribution in [1.82, 2.24) is 10.2 Å². The summed E-state index contributed by atoms with van der Waals surface area (Å²) in [6.07, 6.45) is 1.21. The highest BCUT2D eigenvalue weighted by atomic mass is 35.5. The van der Waals surface area contributed by atoms with Gasteiger partial charge in [-0.1, -0.05) is 41.9 Å². The smallest absolute Gasteiger partial charge is 0.324 e. The van der Waals surface area contributed by atoms with Gasteiger partial charge in [-0.15, -0.1) is 0 Å². The normalized spacial score (nSPS) is 20.7. The lowest BCUT2D eigenvalue weighted by molar-refractivity contribution is -0.134. The molecule has 2 aliphatic rings. The van der Waals surface area contributed by atoms with E-state index in [1.54, 1.807) is 18.2 Å². The van der Waals surface area contributed by atoms with Gasteiger partial charge in [0.05, 0.1) is 0 Å². The summed E-state index contributed by atoms with van der Waals surface area (Å²) in [5.74, 6) is -0.831. The van der Waals surface area contributed by atoms with Gasteiger partial charge in [0.15, 0.2) is 0 Å². The molecule has 27 heavy (non-hydrogen) atoms. The third-order valence-electron chi connectivity index (χ3n) is 5.20. The van der Waals surface area contributed by atoms with Gasteiger partial charge in [-0.05, 0) is 48.6 Å². The van der Waals surface area contributed by atoms with E-state index in [2.05, 4.69) is 10.6 Å². The molecule has 0 radical (unpaired) electrons. The molecule has 7 heteroatoms. The molecule has 0 aromatic heterocycles.